The van der Waals surface area contributed by atoms with E-state index in [4.69, 9.17) is 5.73 Å². The van der Waals surface area contributed by atoms with Crippen LogP contribution in [0.5, 0.6) is 0 Å². The third-order valence-electron chi connectivity index (χ3n) is 3.16. The fourth-order valence-electron chi connectivity index (χ4n) is 2.14. The van der Waals surface area contributed by atoms with Crippen molar-refractivity contribution in [2.75, 3.05) is 26.2 Å². The molecular formula is C9H17N3O. The first-order valence-electron chi connectivity index (χ1n) is 4.98. The van der Waals surface area contributed by atoms with Gasteiger partial charge in [0.25, 0.3) is 0 Å². The summed E-state index contributed by atoms with van der Waals surface area (Å²) in [6.45, 7) is 3.82. The summed E-state index contributed by atoms with van der Waals surface area (Å²) >= 11 is 0. The highest BCUT2D eigenvalue weighted by Gasteiger charge is 2.32. The maximum Gasteiger partial charge on any atom is 0.209 e. The molecule has 1 aliphatic heterocycles. The number of hydrogen-bond donors (Lipinski definition) is 1. The molecule has 0 atom stereocenters. The number of nitrogens with two attached hydrogens (primary N) is 1. The van der Waals surface area contributed by atoms with Gasteiger partial charge in [0.05, 0.1) is 0 Å². The highest BCUT2D eigenvalue weighted by Crippen LogP contribution is 2.24. The number of nitrogens with zero attached hydrogens (tertiary/aromatic N) is 2. The average Bonchev–Trinajstić information content (AvgIpc) is 2.13. The lowest BCUT2D eigenvalue weighted by molar-refractivity contribution is -0.120. The van der Waals surface area contributed by atoms with Gasteiger partial charge in [-0.25, -0.2) is 0 Å². The molecule has 1 saturated carbocycles. The number of piperazine rings is 1. The van der Waals surface area contributed by atoms with Gasteiger partial charge in [0.15, 0.2) is 0 Å². The topological polar surface area (TPSA) is 49.6 Å². The van der Waals surface area contributed by atoms with Gasteiger partial charge in [0.1, 0.15) is 0 Å². The SMILES string of the molecule is NC1CC(N2CCN(C=O)CC2)C1. The number of carbonyl (C=O) groups is 1. The minimum absolute atomic E-state index is 0.425. The molecule has 0 aromatic carbocycles. The standard InChI is InChI=1S/C9H17N3O/c10-8-5-9(6-8)12-3-1-11(7-13)2-4-12/h7-9H,1-6,10H2. The van der Waals surface area contributed by atoms with Crippen LogP contribution in [-0.2, 0) is 4.79 Å². The predicted octanol–water partition coefficient (Wildman–Crippen LogP) is -0.750. The Bertz CT molecular complexity index is 183. The molecular weight excluding hydrogens is 166 g/mol. The summed E-state index contributed by atoms with van der Waals surface area (Å²) in [6.07, 6.45) is 3.23. The van der Waals surface area contributed by atoms with Crippen LogP contribution in [0.3, 0.4) is 0 Å². The summed E-state index contributed by atoms with van der Waals surface area (Å²) in [6, 6.07) is 1.12. The van der Waals surface area contributed by atoms with Crippen molar-refractivity contribution >= 4 is 6.41 Å². The summed E-state index contributed by atoms with van der Waals surface area (Å²) in [7, 11) is 0. The van der Waals surface area contributed by atoms with Gasteiger partial charge in [-0.2, -0.15) is 0 Å². The molecule has 2 fully saturated rings. The van der Waals surface area contributed by atoms with Crippen LogP contribution in [0.25, 0.3) is 0 Å². The number of hydrogen-bond acceptors (Lipinski definition) is 3. The fourth-order valence-corrected chi connectivity index (χ4v) is 2.14. The molecule has 0 bridgehead atoms. The Morgan fingerprint density at radius 1 is 1.15 bits per heavy atom. The minimum atomic E-state index is 0.425. The smallest absolute Gasteiger partial charge is 0.209 e. The van der Waals surface area contributed by atoms with Crippen LogP contribution in [0.1, 0.15) is 12.8 Å². The van der Waals surface area contributed by atoms with Crippen LogP contribution in [0, 0.1) is 0 Å². The molecule has 0 radical (unpaired) electrons. The van der Waals surface area contributed by atoms with E-state index in [-0.39, 0.29) is 0 Å². The van der Waals surface area contributed by atoms with Crippen molar-refractivity contribution in [3.63, 3.8) is 0 Å². The van der Waals surface area contributed by atoms with Crippen molar-refractivity contribution in [3.8, 4) is 0 Å². The van der Waals surface area contributed by atoms with Crippen molar-refractivity contribution < 1.29 is 4.79 Å². The average molecular weight is 183 g/mol. The summed E-state index contributed by atoms with van der Waals surface area (Å²) < 4.78 is 0. The van der Waals surface area contributed by atoms with E-state index in [1.54, 1.807) is 0 Å². The van der Waals surface area contributed by atoms with Crippen molar-refractivity contribution in [2.24, 2.45) is 5.73 Å². The molecule has 1 saturated heterocycles. The maximum atomic E-state index is 10.5. The molecule has 4 nitrogen and oxygen atoms in total. The molecule has 2 aliphatic rings. The first-order chi connectivity index (χ1) is 6.29. The monoisotopic (exact) mass is 183 g/mol. The molecule has 1 aliphatic carbocycles. The number of carbonyl (C=O) groups excluding carboxylic acids is 1. The van der Waals surface area contributed by atoms with Gasteiger partial charge in [-0.05, 0) is 12.8 Å². The molecule has 13 heavy (non-hydrogen) atoms. The Morgan fingerprint density at radius 2 is 1.77 bits per heavy atom. The molecule has 2 N–H and O–H groups in total. The highest BCUT2D eigenvalue weighted by molar-refractivity contribution is 5.47. The molecule has 4 heteroatoms. The lowest BCUT2D eigenvalue weighted by Gasteiger charge is -2.44. The van der Waals surface area contributed by atoms with E-state index < -0.39 is 0 Å². The van der Waals surface area contributed by atoms with Gasteiger partial charge in [0, 0.05) is 38.3 Å². The van der Waals surface area contributed by atoms with E-state index in [9.17, 15) is 4.79 Å². The molecule has 0 spiro atoms. The largest absolute Gasteiger partial charge is 0.343 e. The van der Waals surface area contributed by atoms with Gasteiger partial charge >= 0.3 is 0 Å². The van der Waals surface area contributed by atoms with Crippen molar-refractivity contribution in [2.45, 2.75) is 24.9 Å². The van der Waals surface area contributed by atoms with Crippen molar-refractivity contribution in [1.82, 2.24) is 9.80 Å². The second-order valence-electron chi connectivity index (χ2n) is 4.06. The van der Waals surface area contributed by atoms with E-state index in [1.165, 1.54) is 0 Å². The Kier molecular flexibility index (Phi) is 2.51. The second-order valence-corrected chi connectivity index (χ2v) is 4.06. The summed E-state index contributed by atoms with van der Waals surface area (Å²) in [5.41, 5.74) is 5.74. The van der Waals surface area contributed by atoms with Crippen molar-refractivity contribution in [1.29, 1.82) is 0 Å². The van der Waals surface area contributed by atoms with Crippen LogP contribution in [-0.4, -0.2) is 54.5 Å². The predicted molar refractivity (Wildman–Crippen MR) is 50.2 cm³/mol. The molecule has 0 unspecified atom stereocenters. The number of rotatable bonds is 2. The Balaban J connectivity index is 1.75. The highest BCUT2D eigenvalue weighted by atomic mass is 16.1. The molecule has 2 rings (SSSR count). The summed E-state index contributed by atoms with van der Waals surface area (Å²) in [4.78, 5) is 14.8. The van der Waals surface area contributed by atoms with E-state index in [0.717, 1.165) is 45.4 Å². The molecule has 0 aromatic heterocycles. The van der Waals surface area contributed by atoms with Crippen LogP contribution in [0.15, 0.2) is 0 Å². The lowest BCUT2D eigenvalue weighted by Crippen LogP contribution is -2.56. The Morgan fingerprint density at radius 3 is 2.23 bits per heavy atom. The number of amides is 1. The third kappa shape index (κ3) is 1.84. The van der Waals surface area contributed by atoms with E-state index in [0.29, 0.717) is 12.1 Å². The lowest BCUT2D eigenvalue weighted by atomic mass is 9.86. The molecule has 74 valence electrons. The normalized spacial score (nSPS) is 35.6. The van der Waals surface area contributed by atoms with E-state index >= 15 is 0 Å². The van der Waals surface area contributed by atoms with E-state index in [1.807, 2.05) is 4.90 Å². The first-order valence-corrected chi connectivity index (χ1v) is 4.98. The fraction of sp³-hybridized carbons (Fsp3) is 0.889. The van der Waals surface area contributed by atoms with Gasteiger partial charge < -0.3 is 10.6 Å². The summed E-state index contributed by atoms with van der Waals surface area (Å²) in [5, 5.41) is 0. The summed E-state index contributed by atoms with van der Waals surface area (Å²) in [5.74, 6) is 0. The van der Waals surface area contributed by atoms with Crippen LogP contribution in [0.2, 0.25) is 0 Å². The zero-order chi connectivity index (χ0) is 9.26. The maximum absolute atomic E-state index is 10.5. The van der Waals surface area contributed by atoms with Gasteiger partial charge in [-0.15, -0.1) is 0 Å². The molecule has 1 heterocycles. The van der Waals surface area contributed by atoms with Crippen LogP contribution in [0.4, 0.5) is 0 Å². The zero-order valence-electron chi connectivity index (χ0n) is 7.85. The Labute approximate surface area is 78.7 Å². The second kappa shape index (κ2) is 3.64. The van der Waals surface area contributed by atoms with Crippen molar-refractivity contribution in [3.05, 3.63) is 0 Å². The Hall–Kier alpha value is -0.610. The van der Waals surface area contributed by atoms with Gasteiger partial charge in [-0.3, -0.25) is 9.69 Å². The molecule has 0 aromatic rings. The van der Waals surface area contributed by atoms with E-state index in [2.05, 4.69) is 4.90 Å². The zero-order valence-corrected chi connectivity index (χ0v) is 7.85. The van der Waals surface area contributed by atoms with Crippen LogP contribution < -0.4 is 5.73 Å². The first kappa shape index (κ1) is 8.97. The van der Waals surface area contributed by atoms with Gasteiger partial charge in [0.2, 0.25) is 6.41 Å². The third-order valence-corrected chi connectivity index (χ3v) is 3.16. The quantitative estimate of drug-likeness (QED) is 0.573. The van der Waals surface area contributed by atoms with Crippen LogP contribution >= 0.6 is 0 Å². The minimum Gasteiger partial charge on any atom is -0.343 e. The molecule has 1 amide bonds. The van der Waals surface area contributed by atoms with Gasteiger partial charge in [-0.1, -0.05) is 0 Å².